The first-order chi connectivity index (χ1) is 7.66. The van der Waals surface area contributed by atoms with Gasteiger partial charge < -0.3 is 15.7 Å². The second-order valence-corrected chi connectivity index (χ2v) is 4.84. The van der Waals surface area contributed by atoms with E-state index in [-0.39, 0.29) is 23.4 Å². The average Bonchev–Trinajstić information content (AvgIpc) is 2.72. The van der Waals surface area contributed by atoms with Crippen LogP contribution in [0.5, 0.6) is 0 Å². The van der Waals surface area contributed by atoms with Crippen molar-refractivity contribution in [1.82, 2.24) is 10.6 Å². The number of carbonyl (C=O) groups is 2. The number of rotatable bonds is 3. The van der Waals surface area contributed by atoms with E-state index in [1.165, 1.54) is 6.08 Å². The molecule has 2 amide bonds. The molecule has 0 unspecified atom stereocenters. The van der Waals surface area contributed by atoms with Gasteiger partial charge in [0, 0.05) is 17.1 Å². The number of aliphatic carboxylic acids is 1. The zero-order valence-corrected chi connectivity index (χ0v) is 9.24. The van der Waals surface area contributed by atoms with Crippen LogP contribution in [0.3, 0.4) is 0 Å². The predicted octanol–water partition coefficient (Wildman–Crippen LogP) is 0.349. The number of nitrogens with one attached hydrogen (secondary N) is 2. The van der Waals surface area contributed by atoms with Crippen LogP contribution in [0.1, 0.15) is 0 Å². The number of carboxylic acid groups (broad SMARTS) is 1. The molecule has 0 aromatic heterocycles. The van der Waals surface area contributed by atoms with Gasteiger partial charge in [-0.2, -0.15) is 0 Å². The molecule has 16 heavy (non-hydrogen) atoms. The molecule has 0 spiro atoms. The number of carboxylic acids is 1. The Hall–Kier alpha value is -1.43. The van der Waals surface area contributed by atoms with Gasteiger partial charge in [-0.3, -0.25) is 0 Å². The number of allylic oxidation sites excluding steroid dienone is 2. The monoisotopic (exact) mass is 240 g/mol. The molecule has 0 aliphatic carbocycles. The molecule has 2 fully saturated rings. The molecule has 2 aliphatic rings. The zero-order valence-electron chi connectivity index (χ0n) is 8.42. The summed E-state index contributed by atoms with van der Waals surface area (Å²) >= 11 is 1.75. The fraction of sp³-hybridized carbons (Fsp3) is 0.400. The summed E-state index contributed by atoms with van der Waals surface area (Å²) in [6, 6.07) is 0.192. The molecule has 2 aliphatic heterocycles. The van der Waals surface area contributed by atoms with Gasteiger partial charge in [-0.15, -0.1) is 11.8 Å². The minimum Gasteiger partial charge on any atom is -0.478 e. The van der Waals surface area contributed by atoms with Crippen LogP contribution in [0.15, 0.2) is 24.3 Å². The first kappa shape index (κ1) is 11.1. The van der Waals surface area contributed by atoms with Crippen LogP contribution in [-0.2, 0) is 4.79 Å². The second kappa shape index (κ2) is 4.61. The molecule has 0 aromatic carbocycles. The molecule has 0 saturated carbocycles. The molecule has 2 heterocycles. The molecular weight excluding hydrogens is 228 g/mol. The molecule has 5 nitrogen and oxygen atoms in total. The maximum Gasteiger partial charge on any atom is 0.328 e. The van der Waals surface area contributed by atoms with Gasteiger partial charge in [0.15, 0.2) is 0 Å². The van der Waals surface area contributed by atoms with Crippen LogP contribution in [0.25, 0.3) is 0 Å². The van der Waals surface area contributed by atoms with E-state index in [0.29, 0.717) is 0 Å². The van der Waals surface area contributed by atoms with Gasteiger partial charge in [0.25, 0.3) is 0 Å². The molecular formula is C10H12N2O3S. The number of urea groups is 1. The smallest absolute Gasteiger partial charge is 0.328 e. The SMILES string of the molecule is O=C(O)C=CC=C[C@@H]1SC[C@@H]2NC(=O)N[C@@H]21. The molecule has 2 rings (SSSR count). The fourth-order valence-corrected chi connectivity index (χ4v) is 3.20. The predicted molar refractivity (Wildman–Crippen MR) is 61.4 cm³/mol. The van der Waals surface area contributed by atoms with E-state index >= 15 is 0 Å². The Morgan fingerprint density at radius 3 is 3.00 bits per heavy atom. The number of fused-ring (bicyclic) bond motifs is 1. The lowest BCUT2D eigenvalue weighted by Gasteiger charge is -2.11. The van der Waals surface area contributed by atoms with E-state index in [0.717, 1.165) is 11.8 Å². The molecule has 0 radical (unpaired) electrons. The highest BCUT2D eigenvalue weighted by Crippen LogP contribution is 2.30. The lowest BCUT2D eigenvalue weighted by molar-refractivity contribution is -0.131. The quantitative estimate of drug-likeness (QED) is 0.378. The maximum absolute atomic E-state index is 11.1. The van der Waals surface area contributed by atoms with Crippen molar-refractivity contribution in [3.05, 3.63) is 24.3 Å². The largest absolute Gasteiger partial charge is 0.478 e. The summed E-state index contributed by atoms with van der Waals surface area (Å²) in [6.45, 7) is 0. The summed E-state index contributed by atoms with van der Waals surface area (Å²) < 4.78 is 0. The Bertz CT molecular complexity index is 367. The van der Waals surface area contributed by atoms with E-state index in [1.54, 1.807) is 17.8 Å². The Kier molecular flexibility index (Phi) is 3.19. The van der Waals surface area contributed by atoms with Crippen molar-refractivity contribution < 1.29 is 14.7 Å². The Labute approximate surface area is 97.0 Å². The zero-order chi connectivity index (χ0) is 11.5. The van der Waals surface area contributed by atoms with E-state index in [9.17, 15) is 9.59 Å². The van der Waals surface area contributed by atoms with Crippen molar-refractivity contribution in [2.24, 2.45) is 0 Å². The van der Waals surface area contributed by atoms with E-state index < -0.39 is 5.97 Å². The average molecular weight is 240 g/mol. The molecule has 3 N–H and O–H groups in total. The molecule has 0 aromatic rings. The van der Waals surface area contributed by atoms with Gasteiger partial charge in [-0.25, -0.2) is 9.59 Å². The molecule has 86 valence electrons. The topological polar surface area (TPSA) is 78.4 Å². The molecule has 0 bridgehead atoms. The van der Waals surface area contributed by atoms with E-state index in [2.05, 4.69) is 10.6 Å². The molecule has 2 saturated heterocycles. The number of hydrogen-bond acceptors (Lipinski definition) is 3. The third-order valence-electron chi connectivity index (χ3n) is 2.52. The first-order valence-corrected chi connectivity index (χ1v) is 5.98. The van der Waals surface area contributed by atoms with Gasteiger partial charge in [0.05, 0.1) is 12.1 Å². The van der Waals surface area contributed by atoms with Crippen molar-refractivity contribution >= 4 is 23.8 Å². The van der Waals surface area contributed by atoms with E-state index in [1.807, 2.05) is 6.08 Å². The third kappa shape index (κ3) is 2.38. The highest BCUT2D eigenvalue weighted by molar-refractivity contribution is 8.00. The Balaban J connectivity index is 1.91. The Morgan fingerprint density at radius 1 is 1.44 bits per heavy atom. The number of carbonyl (C=O) groups excluding carboxylic acids is 1. The van der Waals surface area contributed by atoms with Gasteiger partial charge in [-0.05, 0) is 0 Å². The number of thioether (sulfide) groups is 1. The van der Waals surface area contributed by atoms with Crippen LogP contribution >= 0.6 is 11.8 Å². The molecule has 6 heteroatoms. The van der Waals surface area contributed by atoms with Gasteiger partial charge in [0.2, 0.25) is 0 Å². The van der Waals surface area contributed by atoms with Gasteiger partial charge in [-0.1, -0.05) is 18.2 Å². The summed E-state index contributed by atoms with van der Waals surface area (Å²) in [4.78, 5) is 21.3. The summed E-state index contributed by atoms with van der Waals surface area (Å²) in [6.07, 6.45) is 6.19. The minimum atomic E-state index is -0.961. The van der Waals surface area contributed by atoms with Crippen molar-refractivity contribution in [2.75, 3.05) is 5.75 Å². The molecule has 3 atom stereocenters. The highest BCUT2D eigenvalue weighted by atomic mass is 32.2. The third-order valence-corrected chi connectivity index (χ3v) is 3.91. The summed E-state index contributed by atoms with van der Waals surface area (Å²) in [7, 11) is 0. The van der Waals surface area contributed by atoms with Crippen LogP contribution in [-0.4, -0.2) is 40.2 Å². The van der Waals surface area contributed by atoms with Crippen molar-refractivity contribution in [3.63, 3.8) is 0 Å². The standard InChI is InChI=1S/C10H12N2O3S/c13-8(14)4-2-1-3-7-9-6(5-16-7)11-10(15)12-9/h1-4,6-7,9H,5H2,(H,13,14)(H2,11,12,15)/t6-,7-,9-/m0/s1. The number of hydrogen-bond donors (Lipinski definition) is 3. The van der Waals surface area contributed by atoms with Crippen molar-refractivity contribution in [1.29, 1.82) is 0 Å². The van der Waals surface area contributed by atoms with E-state index in [4.69, 9.17) is 5.11 Å². The first-order valence-electron chi connectivity index (χ1n) is 4.93. The summed E-state index contributed by atoms with van der Waals surface area (Å²) in [5, 5.41) is 14.3. The van der Waals surface area contributed by atoms with Gasteiger partial charge >= 0.3 is 12.0 Å². The summed E-state index contributed by atoms with van der Waals surface area (Å²) in [5.74, 6) is -0.0708. The summed E-state index contributed by atoms with van der Waals surface area (Å²) in [5.41, 5.74) is 0. The lowest BCUT2D eigenvalue weighted by Crippen LogP contribution is -2.35. The van der Waals surface area contributed by atoms with Gasteiger partial charge in [0.1, 0.15) is 0 Å². The minimum absolute atomic E-state index is 0.116. The fourth-order valence-electron chi connectivity index (χ4n) is 1.81. The number of amides is 2. The van der Waals surface area contributed by atoms with Crippen molar-refractivity contribution in [3.8, 4) is 0 Å². The highest BCUT2D eigenvalue weighted by Gasteiger charge is 2.41. The second-order valence-electron chi connectivity index (χ2n) is 3.63. The van der Waals surface area contributed by atoms with Crippen LogP contribution in [0.4, 0.5) is 4.79 Å². The lowest BCUT2D eigenvalue weighted by atomic mass is 10.1. The van der Waals surface area contributed by atoms with Crippen molar-refractivity contribution in [2.45, 2.75) is 17.3 Å². The van der Waals surface area contributed by atoms with Crippen LogP contribution < -0.4 is 10.6 Å². The van der Waals surface area contributed by atoms with Crippen LogP contribution in [0.2, 0.25) is 0 Å². The Morgan fingerprint density at radius 2 is 2.25 bits per heavy atom. The maximum atomic E-state index is 11.1. The van der Waals surface area contributed by atoms with Crippen LogP contribution in [0, 0.1) is 0 Å². The normalized spacial score (nSPS) is 33.0.